The van der Waals surface area contributed by atoms with Crippen molar-refractivity contribution < 1.29 is 23.9 Å². The second-order valence-electron chi connectivity index (χ2n) is 4.48. The Morgan fingerprint density at radius 1 is 1.26 bits per heavy atom. The first-order valence-electron chi connectivity index (χ1n) is 6.52. The number of benzene rings is 1. The Balaban J connectivity index is 1.73. The number of nitrogens with one attached hydrogen (secondary N) is 1. The molecule has 0 spiro atoms. The molecule has 1 aromatic carbocycles. The first-order valence-corrected chi connectivity index (χ1v) is 6.52. The molecule has 0 amide bonds. The molecular formula is C14H20NO4+. The lowest BCUT2D eigenvalue weighted by Gasteiger charge is -2.23. The summed E-state index contributed by atoms with van der Waals surface area (Å²) in [5.74, 6) is 0.449. The number of rotatable bonds is 5. The summed E-state index contributed by atoms with van der Waals surface area (Å²) >= 11 is 0. The largest absolute Gasteiger partial charge is 0.497 e. The molecule has 1 fully saturated rings. The molecular weight excluding hydrogens is 246 g/mol. The van der Waals surface area contributed by atoms with Gasteiger partial charge in [-0.1, -0.05) is 0 Å². The predicted molar refractivity (Wildman–Crippen MR) is 69.7 cm³/mol. The maximum atomic E-state index is 11.8. The highest BCUT2D eigenvalue weighted by atomic mass is 16.5. The van der Waals surface area contributed by atoms with Gasteiger partial charge in [-0.3, -0.25) is 0 Å². The second-order valence-corrected chi connectivity index (χ2v) is 4.48. The lowest BCUT2D eigenvalue weighted by Crippen LogP contribution is -3.14. The van der Waals surface area contributed by atoms with Gasteiger partial charge in [-0.15, -0.1) is 0 Å². The third-order valence-electron chi connectivity index (χ3n) is 3.21. The minimum Gasteiger partial charge on any atom is -0.497 e. The third-order valence-corrected chi connectivity index (χ3v) is 3.21. The Labute approximate surface area is 113 Å². The first-order chi connectivity index (χ1) is 9.29. The first kappa shape index (κ1) is 13.8. The molecule has 1 saturated heterocycles. The smallest absolute Gasteiger partial charge is 0.338 e. The molecule has 1 aromatic rings. The molecule has 2 rings (SSSR count). The van der Waals surface area contributed by atoms with E-state index >= 15 is 0 Å². The number of hydrogen-bond acceptors (Lipinski definition) is 4. The van der Waals surface area contributed by atoms with Crippen LogP contribution in [0.3, 0.4) is 0 Å². The summed E-state index contributed by atoms with van der Waals surface area (Å²) in [6.07, 6.45) is 0. The number of ether oxygens (including phenoxy) is 3. The zero-order valence-corrected chi connectivity index (χ0v) is 11.2. The van der Waals surface area contributed by atoms with E-state index in [-0.39, 0.29) is 5.97 Å². The highest BCUT2D eigenvalue weighted by molar-refractivity contribution is 5.89. The fourth-order valence-corrected chi connectivity index (χ4v) is 2.01. The van der Waals surface area contributed by atoms with Crippen LogP contribution in [-0.4, -0.2) is 52.5 Å². The van der Waals surface area contributed by atoms with E-state index in [1.165, 1.54) is 4.90 Å². The van der Waals surface area contributed by atoms with Crippen LogP contribution in [0.4, 0.5) is 0 Å². The van der Waals surface area contributed by atoms with E-state index in [1.807, 2.05) is 0 Å². The minimum atomic E-state index is -0.282. The highest BCUT2D eigenvalue weighted by Gasteiger charge is 2.14. The molecule has 0 bridgehead atoms. The van der Waals surface area contributed by atoms with Crippen LogP contribution in [0.2, 0.25) is 0 Å². The van der Waals surface area contributed by atoms with E-state index in [4.69, 9.17) is 14.2 Å². The summed E-state index contributed by atoms with van der Waals surface area (Å²) in [6.45, 7) is 4.84. The third kappa shape index (κ3) is 4.22. The maximum Gasteiger partial charge on any atom is 0.338 e. The van der Waals surface area contributed by atoms with Gasteiger partial charge in [0.25, 0.3) is 0 Å². The van der Waals surface area contributed by atoms with Gasteiger partial charge in [0.05, 0.1) is 25.9 Å². The summed E-state index contributed by atoms with van der Waals surface area (Å²) in [4.78, 5) is 13.2. The normalized spacial score (nSPS) is 16.1. The van der Waals surface area contributed by atoms with Crippen LogP contribution < -0.4 is 9.64 Å². The van der Waals surface area contributed by atoms with Crippen molar-refractivity contribution in [1.82, 2.24) is 0 Å². The predicted octanol–water partition coefficient (Wildman–Crippen LogP) is -0.233. The fourth-order valence-electron chi connectivity index (χ4n) is 2.01. The molecule has 0 unspecified atom stereocenters. The zero-order chi connectivity index (χ0) is 13.5. The molecule has 1 aliphatic heterocycles. The Hall–Kier alpha value is -1.59. The molecule has 5 heteroatoms. The quantitative estimate of drug-likeness (QED) is 0.748. The Bertz CT molecular complexity index is 398. The number of methoxy groups -OCH3 is 1. The van der Waals surface area contributed by atoms with Crippen LogP contribution in [-0.2, 0) is 9.47 Å². The van der Waals surface area contributed by atoms with Crippen molar-refractivity contribution in [3.63, 3.8) is 0 Å². The Morgan fingerprint density at radius 3 is 2.58 bits per heavy atom. The maximum absolute atomic E-state index is 11.8. The fraction of sp³-hybridized carbons (Fsp3) is 0.500. The van der Waals surface area contributed by atoms with Gasteiger partial charge in [0.1, 0.15) is 32.0 Å². The summed E-state index contributed by atoms with van der Waals surface area (Å²) in [6, 6.07) is 6.93. The second kappa shape index (κ2) is 7.11. The topological polar surface area (TPSA) is 49.2 Å². The van der Waals surface area contributed by atoms with Gasteiger partial charge in [0.15, 0.2) is 0 Å². The van der Waals surface area contributed by atoms with Crippen LogP contribution in [0.5, 0.6) is 5.75 Å². The van der Waals surface area contributed by atoms with Gasteiger partial charge in [0, 0.05) is 0 Å². The van der Waals surface area contributed by atoms with Crippen LogP contribution in [0, 0.1) is 0 Å². The molecule has 0 atom stereocenters. The van der Waals surface area contributed by atoms with Crippen LogP contribution in [0.15, 0.2) is 24.3 Å². The summed E-state index contributed by atoms with van der Waals surface area (Å²) in [7, 11) is 1.60. The zero-order valence-electron chi connectivity index (χ0n) is 11.2. The average molecular weight is 266 g/mol. The van der Waals surface area contributed by atoms with Crippen molar-refractivity contribution in [3.8, 4) is 5.75 Å². The van der Waals surface area contributed by atoms with E-state index in [2.05, 4.69) is 0 Å². The summed E-state index contributed by atoms with van der Waals surface area (Å²) in [5.41, 5.74) is 0.553. The molecule has 0 aliphatic carbocycles. The Kier molecular flexibility index (Phi) is 5.18. The van der Waals surface area contributed by atoms with Crippen LogP contribution in [0.25, 0.3) is 0 Å². The van der Waals surface area contributed by atoms with Crippen molar-refractivity contribution in [2.45, 2.75) is 0 Å². The summed E-state index contributed by atoms with van der Waals surface area (Å²) < 4.78 is 15.6. The van der Waals surface area contributed by atoms with Gasteiger partial charge in [0.2, 0.25) is 0 Å². The number of morpholine rings is 1. The molecule has 1 heterocycles. The van der Waals surface area contributed by atoms with Crippen LogP contribution in [0.1, 0.15) is 10.4 Å². The number of esters is 1. The van der Waals surface area contributed by atoms with Crippen molar-refractivity contribution in [2.24, 2.45) is 0 Å². The SMILES string of the molecule is COc1ccc(C(=O)OCC[NH+]2CCOCC2)cc1. The van der Waals surface area contributed by atoms with E-state index in [9.17, 15) is 4.79 Å². The van der Waals surface area contributed by atoms with E-state index in [1.54, 1.807) is 31.4 Å². The van der Waals surface area contributed by atoms with Crippen molar-refractivity contribution in [2.75, 3.05) is 46.6 Å². The number of carbonyl (C=O) groups is 1. The minimum absolute atomic E-state index is 0.282. The van der Waals surface area contributed by atoms with Gasteiger partial charge in [-0.05, 0) is 24.3 Å². The van der Waals surface area contributed by atoms with E-state index in [0.29, 0.717) is 12.2 Å². The van der Waals surface area contributed by atoms with E-state index < -0.39 is 0 Å². The lowest BCUT2D eigenvalue weighted by atomic mass is 10.2. The van der Waals surface area contributed by atoms with Crippen molar-refractivity contribution in [3.05, 3.63) is 29.8 Å². The van der Waals surface area contributed by atoms with Gasteiger partial charge in [-0.2, -0.15) is 0 Å². The van der Waals surface area contributed by atoms with Gasteiger partial charge in [-0.25, -0.2) is 4.79 Å². The molecule has 19 heavy (non-hydrogen) atoms. The van der Waals surface area contributed by atoms with Gasteiger partial charge >= 0.3 is 5.97 Å². The lowest BCUT2D eigenvalue weighted by molar-refractivity contribution is -0.908. The molecule has 0 radical (unpaired) electrons. The van der Waals surface area contributed by atoms with Crippen molar-refractivity contribution >= 4 is 5.97 Å². The molecule has 104 valence electrons. The molecule has 1 N–H and O–H groups in total. The van der Waals surface area contributed by atoms with E-state index in [0.717, 1.165) is 38.6 Å². The van der Waals surface area contributed by atoms with Crippen molar-refractivity contribution in [1.29, 1.82) is 0 Å². The van der Waals surface area contributed by atoms with Gasteiger partial charge < -0.3 is 19.1 Å². The number of quaternary nitrogens is 1. The number of hydrogen-bond donors (Lipinski definition) is 1. The molecule has 1 aliphatic rings. The summed E-state index contributed by atoms with van der Waals surface area (Å²) in [5, 5.41) is 0. The molecule has 0 aromatic heterocycles. The Morgan fingerprint density at radius 2 is 1.95 bits per heavy atom. The molecule has 5 nitrogen and oxygen atoms in total. The average Bonchev–Trinajstić information content (AvgIpc) is 2.48. The standard InChI is InChI=1S/C14H19NO4/c1-17-13-4-2-12(3-5-13)14(16)19-11-8-15-6-9-18-10-7-15/h2-5H,6-11H2,1H3/p+1. The monoisotopic (exact) mass is 266 g/mol. The van der Waals surface area contributed by atoms with Crippen LogP contribution >= 0.6 is 0 Å². The number of carbonyl (C=O) groups excluding carboxylic acids is 1. The highest BCUT2D eigenvalue weighted by Crippen LogP contribution is 2.11. The molecule has 0 saturated carbocycles.